The molecule has 0 unspecified atom stereocenters. The second-order valence-corrected chi connectivity index (χ2v) is 7.87. The lowest BCUT2D eigenvalue weighted by atomic mass is 10.1. The number of carbonyl (C=O) groups is 1. The molecule has 3 aromatic rings. The Morgan fingerprint density at radius 1 is 1.29 bits per heavy atom. The van der Waals surface area contributed by atoms with Crippen LogP contribution in [0.4, 0.5) is 15.1 Å². The number of nitrogens with zero attached hydrogens (tertiary/aromatic N) is 4. The topological polar surface area (TPSA) is 108 Å². The van der Waals surface area contributed by atoms with Gasteiger partial charge >= 0.3 is 6.03 Å². The summed E-state index contributed by atoms with van der Waals surface area (Å²) in [5.74, 6) is 0.841. The highest BCUT2D eigenvalue weighted by Gasteiger charge is 2.23. The number of fused-ring (bicyclic) bond motifs is 2. The number of nitrogens with one attached hydrogen (secondary N) is 3. The first-order valence-corrected chi connectivity index (χ1v) is 10.5. The van der Waals surface area contributed by atoms with E-state index in [-0.39, 0.29) is 18.4 Å². The summed E-state index contributed by atoms with van der Waals surface area (Å²) in [6.45, 7) is 2.75. The second-order valence-electron chi connectivity index (χ2n) is 7.87. The van der Waals surface area contributed by atoms with Crippen LogP contribution in [0.1, 0.15) is 29.9 Å². The zero-order valence-corrected chi connectivity index (χ0v) is 17.0. The van der Waals surface area contributed by atoms with E-state index >= 15 is 0 Å². The summed E-state index contributed by atoms with van der Waals surface area (Å²) in [6, 6.07) is 4.50. The van der Waals surface area contributed by atoms with Crippen molar-refractivity contribution in [3.05, 3.63) is 47.3 Å². The lowest BCUT2D eigenvalue weighted by molar-refractivity contribution is 0.0903. The number of anilines is 1. The van der Waals surface area contributed by atoms with Gasteiger partial charge in [-0.1, -0.05) is 0 Å². The average Bonchev–Trinajstić information content (AvgIpc) is 3.19. The van der Waals surface area contributed by atoms with Crippen LogP contribution in [0.5, 0.6) is 0 Å². The van der Waals surface area contributed by atoms with Gasteiger partial charge in [-0.25, -0.2) is 24.1 Å². The molecule has 2 aromatic heterocycles. The van der Waals surface area contributed by atoms with E-state index in [2.05, 4.69) is 30.6 Å². The van der Waals surface area contributed by atoms with Gasteiger partial charge in [0.2, 0.25) is 5.95 Å². The quantitative estimate of drug-likeness (QED) is 0.592. The van der Waals surface area contributed by atoms with Gasteiger partial charge in [-0.05, 0) is 37.0 Å². The number of hydrogen-bond donors (Lipinski definition) is 3. The van der Waals surface area contributed by atoms with E-state index in [1.807, 2.05) is 6.20 Å². The van der Waals surface area contributed by atoms with Crippen molar-refractivity contribution >= 4 is 23.0 Å². The van der Waals surface area contributed by atoms with E-state index < -0.39 is 0 Å². The monoisotopic (exact) mass is 425 g/mol. The maximum Gasteiger partial charge on any atom is 0.318 e. The number of amides is 2. The number of ether oxygens (including phenoxy) is 1. The molecule has 2 aliphatic rings. The number of aromatic amines is 1. The Morgan fingerprint density at radius 3 is 3.03 bits per heavy atom. The minimum absolute atomic E-state index is 0.185. The molecule has 1 fully saturated rings. The van der Waals surface area contributed by atoms with Crippen molar-refractivity contribution in [2.45, 2.75) is 38.4 Å². The van der Waals surface area contributed by atoms with Crippen LogP contribution in [0.3, 0.4) is 0 Å². The van der Waals surface area contributed by atoms with Gasteiger partial charge in [0, 0.05) is 38.1 Å². The van der Waals surface area contributed by atoms with E-state index in [1.165, 1.54) is 12.1 Å². The Labute approximate surface area is 178 Å². The third kappa shape index (κ3) is 4.43. The molecule has 2 amide bonds. The Balaban J connectivity index is 1.20. The van der Waals surface area contributed by atoms with Gasteiger partial charge < -0.3 is 25.3 Å². The van der Waals surface area contributed by atoms with Gasteiger partial charge in [0.15, 0.2) is 0 Å². The van der Waals surface area contributed by atoms with E-state index in [1.54, 1.807) is 11.0 Å². The number of halogens is 1. The zero-order valence-electron chi connectivity index (χ0n) is 17.0. The molecule has 0 saturated carbocycles. The molecule has 4 heterocycles. The number of H-pyrrole nitrogens is 1. The van der Waals surface area contributed by atoms with Gasteiger partial charge in [-0.2, -0.15) is 0 Å². The van der Waals surface area contributed by atoms with Gasteiger partial charge in [0.1, 0.15) is 11.6 Å². The molecule has 1 saturated heterocycles. The first-order chi connectivity index (χ1) is 15.1. The molecular weight excluding hydrogens is 401 g/mol. The van der Waals surface area contributed by atoms with Crippen LogP contribution in [0, 0.1) is 5.82 Å². The van der Waals surface area contributed by atoms with E-state index in [0.29, 0.717) is 42.8 Å². The van der Waals surface area contributed by atoms with Gasteiger partial charge in [-0.15, -0.1) is 0 Å². The van der Waals surface area contributed by atoms with Crippen molar-refractivity contribution < 1.29 is 13.9 Å². The maximum atomic E-state index is 13.3. The highest BCUT2D eigenvalue weighted by atomic mass is 19.1. The summed E-state index contributed by atoms with van der Waals surface area (Å²) in [5, 5.41) is 6.26. The maximum absolute atomic E-state index is 13.3. The fraction of sp³-hybridized carbons (Fsp3) is 0.429. The number of rotatable bonds is 4. The molecule has 0 spiro atoms. The van der Waals surface area contributed by atoms with Crippen molar-refractivity contribution in [2.75, 3.05) is 25.1 Å². The largest absolute Gasteiger partial charge is 0.381 e. The normalized spacial score (nSPS) is 16.9. The molecule has 1 aromatic carbocycles. The lowest BCUT2D eigenvalue weighted by Crippen LogP contribution is -2.43. The predicted octanol–water partition coefficient (Wildman–Crippen LogP) is 2.35. The third-order valence-corrected chi connectivity index (χ3v) is 5.69. The standard InChI is InChI=1S/C21H24FN7O2/c22-14-1-2-16-17(9-14)27-19(26-16)11-24-21(30)29-6-3-13-10-23-20(28-18(13)12-29)25-15-4-7-31-8-5-15/h1-2,9-10,15H,3-8,11-12H2,(H,24,30)(H,26,27)(H,23,25,28). The number of benzene rings is 1. The van der Waals surface area contributed by atoms with E-state index in [0.717, 1.165) is 42.8 Å². The number of hydrogen-bond acceptors (Lipinski definition) is 6. The molecule has 0 atom stereocenters. The molecule has 3 N–H and O–H groups in total. The molecule has 9 nitrogen and oxygen atoms in total. The summed E-state index contributed by atoms with van der Waals surface area (Å²) in [6.07, 6.45) is 4.43. The van der Waals surface area contributed by atoms with Crippen molar-refractivity contribution in [3.8, 4) is 0 Å². The van der Waals surface area contributed by atoms with Crippen LogP contribution in [0.15, 0.2) is 24.4 Å². The third-order valence-electron chi connectivity index (χ3n) is 5.69. The van der Waals surface area contributed by atoms with Crippen LogP contribution < -0.4 is 10.6 Å². The molecule has 31 heavy (non-hydrogen) atoms. The molecule has 162 valence electrons. The SMILES string of the molecule is O=C(NCc1nc2cc(F)ccc2[nH]1)N1CCc2cnc(NC3CCOCC3)nc2C1. The minimum Gasteiger partial charge on any atom is -0.381 e. The smallest absolute Gasteiger partial charge is 0.318 e. The zero-order chi connectivity index (χ0) is 21.2. The summed E-state index contributed by atoms with van der Waals surface area (Å²) in [4.78, 5) is 30.9. The lowest BCUT2D eigenvalue weighted by Gasteiger charge is -2.29. The molecular formula is C21H24FN7O2. The number of urea groups is 1. The van der Waals surface area contributed by atoms with Crippen molar-refractivity contribution in [1.82, 2.24) is 30.2 Å². The molecule has 5 rings (SSSR count). The number of carbonyl (C=O) groups excluding carboxylic acids is 1. The number of imidazole rings is 1. The van der Waals surface area contributed by atoms with Crippen molar-refractivity contribution in [1.29, 1.82) is 0 Å². The Kier molecular flexibility index (Phi) is 5.37. The fourth-order valence-electron chi connectivity index (χ4n) is 3.96. The van der Waals surface area contributed by atoms with Crippen molar-refractivity contribution in [3.63, 3.8) is 0 Å². The summed E-state index contributed by atoms with van der Waals surface area (Å²) in [5.41, 5.74) is 3.21. The molecule has 10 heteroatoms. The predicted molar refractivity (Wildman–Crippen MR) is 112 cm³/mol. The Morgan fingerprint density at radius 2 is 2.16 bits per heavy atom. The van der Waals surface area contributed by atoms with Gasteiger partial charge in [0.05, 0.1) is 29.8 Å². The van der Waals surface area contributed by atoms with Gasteiger partial charge in [0.25, 0.3) is 0 Å². The molecule has 0 radical (unpaired) electrons. The summed E-state index contributed by atoms with van der Waals surface area (Å²) in [7, 11) is 0. The molecule has 0 bridgehead atoms. The first-order valence-electron chi connectivity index (χ1n) is 10.5. The van der Waals surface area contributed by atoms with Gasteiger partial charge in [-0.3, -0.25) is 0 Å². The summed E-state index contributed by atoms with van der Waals surface area (Å²) >= 11 is 0. The van der Waals surface area contributed by atoms with Crippen molar-refractivity contribution in [2.24, 2.45) is 0 Å². The van der Waals surface area contributed by atoms with E-state index in [4.69, 9.17) is 4.74 Å². The average molecular weight is 425 g/mol. The highest BCUT2D eigenvalue weighted by molar-refractivity contribution is 5.76. The van der Waals surface area contributed by atoms with Crippen LogP contribution in [0.2, 0.25) is 0 Å². The molecule has 0 aliphatic carbocycles. The Bertz CT molecular complexity index is 1100. The summed E-state index contributed by atoms with van der Waals surface area (Å²) < 4.78 is 18.7. The second kappa shape index (κ2) is 8.46. The minimum atomic E-state index is -0.339. The van der Waals surface area contributed by atoms with E-state index in [9.17, 15) is 9.18 Å². The van der Waals surface area contributed by atoms with Crippen LogP contribution in [0.25, 0.3) is 11.0 Å². The highest BCUT2D eigenvalue weighted by Crippen LogP contribution is 2.19. The first kappa shape index (κ1) is 19.7. The number of aromatic nitrogens is 4. The molecule has 2 aliphatic heterocycles. The van der Waals surface area contributed by atoms with Crippen LogP contribution >= 0.6 is 0 Å². The van der Waals surface area contributed by atoms with Crippen LogP contribution in [-0.2, 0) is 24.2 Å². The fourth-order valence-corrected chi connectivity index (χ4v) is 3.96. The Hall–Kier alpha value is -3.27. The van der Waals surface area contributed by atoms with Crippen LogP contribution in [-0.4, -0.2) is 56.7 Å².